The predicted molar refractivity (Wildman–Crippen MR) is 71.3 cm³/mol. The van der Waals surface area contributed by atoms with E-state index < -0.39 is 0 Å². The van der Waals surface area contributed by atoms with E-state index in [0.29, 0.717) is 11.7 Å². The molecule has 0 saturated carbocycles. The topological polar surface area (TPSA) is 55.0 Å². The largest absolute Gasteiger partial charge is 0.383 e. The van der Waals surface area contributed by atoms with Crippen LogP contribution in [0.5, 0.6) is 0 Å². The van der Waals surface area contributed by atoms with Crippen LogP contribution in [0.4, 0.5) is 11.8 Å². The summed E-state index contributed by atoms with van der Waals surface area (Å²) < 4.78 is 0. The fraction of sp³-hybridized carbons (Fsp3) is 0.692. The van der Waals surface area contributed by atoms with Gasteiger partial charge in [0, 0.05) is 24.3 Å². The Bertz CT molecular complexity index is 371. The minimum Gasteiger partial charge on any atom is -0.383 e. The Hall–Kier alpha value is -1.32. The van der Waals surface area contributed by atoms with Crippen LogP contribution in [0, 0.1) is 6.92 Å². The molecule has 17 heavy (non-hydrogen) atoms. The van der Waals surface area contributed by atoms with Crippen LogP contribution in [0.15, 0.2) is 0 Å². The molecule has 0 unspecified atom stereocenters. The van der Waals surface area contributed by atoms with Gasteiger partial charge in [-0.1, -0.05) is 13.8 Å². The van der Waals surface area contributed by atoms with E-state index >= 15 is 0 Å². The molecule has 0 spiro atoms. The van der Waals surface area contributed by atoms with E-state index in [1.165, 1.54) is 19.3 Å². The molecule has 4 nitrogen and oxygen atoms in total. The fourth-order valence-corrected chi connectivity index (χ4v) is 2.54. The smallest absolute Gasteiger partial charge is 0.227 e. The quantitative estimate of drug-likeness (QED) is 0.854. The van der Waals surface area contributed by atoms with E-state index in [-0.39, 0.29) is 0 Å². The molecule has 0 aromatic carbocycles. The molecular weight excluding hydrogens is 212 g/mol. The Labute approximate surface area is 103 Å². The molecule has 0 bridgehead atoms. The number of nitrogen functional groups attached to an aromatic ring is 1. The summed E-state index contributed by atoms with van der Waals surface area (Å²) in [5.74, 6) is 1.84. The Balaban J connectivity index is 2.31. The zero-order chi connectivity index (χ0) is 12.4. The Morgan fingerprint density at radius 2 is 1.76 bits per heavy atom. The second kappa shape index (κ2) is 4.90. The first-order valence-corrected chi connectivity index (χ1v) is 6.48. The van der Waals surface area contributed by atoms with Gasteiger partial charge < -0.3 is 10.6 Å². The Kier molecular flexibility index (Phi) is 3.50. The predicted octanol–water partition coefficient (Wildman–Crippen LogP) is 2.48. The molecule has 0 radical (unpaired) electrons. The average Bonchev–Trinajstić information content (AvgIpc) is 2.28. The van der Waals surface area contributed by atoms with Crippen LogP contribution in [-0.2, 0) is 0 Å². The maximum atomic E-state index is 6.05. The van der Waals surface area contributed by atoms with Crippen molar-refractivity contribution in [2.24, 2.45) is 0 Å². The SMILES string of the molecule is Cc1nc(N2CCCCC2)nc(N)c1C(C)C. The van der Waals surface area contributed by atoms with Crippen LogP contribution < -0.4 is 10.6 Å². The molecule has 1 aliphatic heterocycles. The van der Waals surface area contributed by atoms with Gasteiger partial charge in [-0.25, -0.2) is 4.98 Å². The molecule has 2 heterocycles. The van der Waals surface area contributed by atoms with Gasteiger partial charge in [-0.2, -0.15) is 4.98 Å². The summed E-state index contributed by atoms with van der Waals surface area (Å²) in [6.07, 6.45) is 3.78. The molecule has 0 amide bonds. The van der Waals surface area contributed by atoms with Crippen molar-refractivity contribution in [1.29, 1.82) is 0 Å². The zero-order valence-corrected chi connectivity index (χ0v) is 11.0. The van der Waals surface area contributed by atoms with Crippen LogP contribution >= 0.6 is 0 Å². The molecule has 0 aliphatic carbocycles. The number of anilines is 2. The van der Waals surface area contributed by atoms with Crippen molar-refractivity contribution in [1.82, 2.24) is 9.97 Å². The molecular formula is C13H22N4. The van der Waals surface area contributed by atoms with Gasteiger partial charge >= 0.3 is 0 Å². The van der Waals surface area contributed by atoms with E-state index in [1.54, 1.807) is 0 Å². The lowest BCUT2D eigenvalue weighted by Crippen LogP contribution is -2.31. The molecule has 4 heteroatoms. The number of nitrogens with two attached hydrogens (primary N) is 1. The van der Waals surface area contributed by atoms with Gasteiger partial charge in [-0.15, -0.1) is 0 Å². The fourth-order valence-electron chi connectivity index (χ4n) is 2.54. The van der Waals surface area contributed by atoms with E-state index in [1.807, 2.05) is 6.92 Å². The van der Waals surface area contributed by atoms with Gasteiger partial charge in [-0.3, -0.25) is 0 Å². The third-order valence-corrected chi connectivity index (χ3v) is 3.37. The highest BCUT2D eigenvalue weighted by Gasteiger charge is 2.17. The Morgan fingerprint density at radius 3 is 2.29 bits per heavy atom. The van der Waals surface area contributed by atoms with E-state index in [9.17, 15) is 0 Å². The normalized spacial score (nSPS) is 16.6. The lowest BCUT2D eigenvalue weighted by Gasteiger charge is -2.27. The first-order chi connectivity index (χ1) is 8.09. The van der Waals surface area contributed by atoms with Crippen LogP contribution in [0.3, 0.4) is 0 Å². The number of rotatable bonds is 2. The molecule has 0 atom stereocenters. The molecule has 1 aromatic rings. The highest BCUT2D eigenvalue weighted by Crippen LogP contribution is 2.26. The average molecular weight is 234 g/mol. The molecule has 1 aromatic heterocycles. The van der Waals surface area contributed by atoms with Crippen LogP contribution in [0.25, 0.3) is 0 Å². The summed E-state index contributed by atoms with van der Waals surface area (Å²) >= 11 is 0. The molecule has 2 rings (SSSR count). The summed E-state index contributed by atoms with van der Waals surface area (Å²) in [7, 11) is 0. The number of hydrogen-bond acceptors (Lipinski definition) is 4. The molecule has 1 saturated heterocycles. The minimum absolute atomic E-state index is 0.380. The van der Waals surface area contributed by atoms with E-state index in [2.05, 4.69) is 28.7 Å². The molecule has 94 valence electrons. The summed E-state index contributed by atoms with van der Waals surface area (Å²) in [5.41, 5.74) is 8.16. The third-order valence-electron chi connectivity index (χ3n) is 3.37. The summed E-state index contributed by atoms with van der Waals surface area (Å²) in [5, 5.41) is 0. The van der Waals surface area contributed by atoms with E-state index in [4.69, 9.17) is 5.73 Å². The maximum absolute atomic E-state index is 6.05. The minimum atomic E-state index is 0.380. The number of hydrogen-bond donors (Lipinski definition) is 1. The number of aromatic nitrogens is 2. The second-order valence-corrected chi connectivity index (χ2v) is 5.11. The van der Waals surface area contributed by atoms with Crippen molar-refractivity contribution in [2.75, 3.05) is 23.7 Å². The first kappa shape index (κ1) is 12.1. The highest BCUT2D eigenvalue weighted by atomic mass is 15.3. The van der Waals surface area contributed by atoms with Crippen molar-refractivity contribution >= 4 is 11.8 Å². The third kappa shape index (κ3) is 2.51. The van der Waals surface area contributed by atoms with Gasteiger partial charge in [0.15, 0.2) is 0 Å². The summed E-state index contributed by atoms with van der Waals surface area (Å²) in [6, 6.07) is 0. The van der Waals surface area contributed by atoms with Gasteiger partial charge in [0.2, 0.25) is 5.95 Å². The molecule has 1 aliphatic rings. The van der Waals surface area contributed by atoms with Crippen molar-refractivity contribution in [3.8, 4) is 0 Å². The molecule has 1 fully saturated rings. The Morgan fingerprint density at radius 1 is 1.12 bits per heavy atom. The summed E-state index contributed by atoms with van der Waals surface area (Å²) in [4.78, 5) is 11.3. The van der Waals surface area contributed by atoms with Gasteiger partial charge in [0.05, 0.1) is 0 Å². The number of aryl methyl sites for hydroxylation is 1. The molecule has 2 N–H and O–H groups in total. The van der Waals surface area contributed by atoms with Crippen LogP contribution in [0.2, 0.25) is 0 Å². The number of nitrogens with zero attached hydrogens (tertiary/aromatic N) is 3. The second-order valence-electron chi connectivity index (χ2n) is 5.11. The standard InChI is InChI=1S/C13H22N4/c1-9(2)11-10(3)15-13(16-12(11)14)17-7-5-4-6-8-17/h9H,4-8H2,1-3H3,(H2,14,15,16). The number of piperidine rings is 1. The van der Waals surface area contributed by atoms with Gasteiger partial charge in [0.1, 0.15) is 5.82 Å². The maximum Gasteiger partial charge on any atom is 0.227 e. The van der Waals surface area contributed by atoms with E-state index in [0.717, 1.165) is 30.3 Å². The van der Waals surface area contributed by atoms with Gasteiger partial charge in [-0.05, 0) is 32.1 Å². The van der Waals surface area contributed by atoms with Crippen LogP contribution in [0.1, 0.15) is 50.3 Å². The monoisotopic (exact) mass is 234 g/mol. The zero-order valence-electron chi connectivity index (χ0n) is 11.0. The van der Waals surface area contributed by atoms with Crippen molar-refractivity contribution in [3.05, 3.63) is 11.3 Å². The lowest BCUT2D eigenvalue weighted by atomic mass is 10.0. The highest BCUT2D eigenvalue weighted by molar-refractivity contribution is 5.49. The first-order valence-electron chi connectivity index (χ1n) is 6.48. The van der Waals surface area contributed by atoms with Crippen molar-refractivity contribution < 1.29 is 0 Å². The van der Waals surface area contributed by atoms with Crippen LogP contribution in [-0.4, -0.2) is 23.1 Å². The van der Waals surface area contributed by atoms with Crippen molar-refractivity contribution in [2.45, 2.75) is 46.0 Å². The summed E-state index contributed by atoms with van der Waals surface area (Å²) in [6.45, 7) is 8.39. The van der Waals surface area contributed by atoms with Gasteiger partial charge in [0.25, 0.3) is 0 Å². The lowest BCUT2D eigenvalue weighted by molar-refractivity contribution is 0.567. The van der Waals surface area contributed by atoms with Crippen molar-refractivity contribution in [3.63, 3.8) is 0 Å².